The molecule has 1 aliphatic rings. The molecule has 1 heterocycles. The van der Waals surface area contributed by atoms with Gasteiger partial charge in [-0.15, -0.1) is 6.58 Å². The molecule has 0 spiro atoms. The molecule has 6 nitrogen and oxygen atoms in total. The second-order valence-corrected chi connectivity index (χ2v) is 20.5. The van der Waals surface area contributed by atoms with Crippen molar-refractivity contribution in [2.75, 3.05) is 6.61 Å². The van der Waals surface area contributed by atoms with Crippen LogP contribution in [0.5, 0.6) is 0 Å². The zero-order valence-corrected chi connectivity index (χ0v) is 33.6. The molecule has 1 fully saturated rings. The molecule has 0 amide bonds. The number of ketones is 1. The fourth-order valence-corrected chi connectivity index (χ4v) is 11.9. The number of rotatable bonds is 19. The van der Waals surface area contributed by atoms with Crippen molar-refractivity contribution >= 4 is 24.5 Å². The molecule has 0 unspecified atom stereocenters. The van der Waals surface area contributed by atoms with Gasteiger partial charge < -0.3 is 23.7 Å². The predicted molar refractivity (Wildman–Crippen MR) is 214 cm³/mol. The minimum atomic E-state index is -2.69. The Morgan fingerprint density at radius 2 is 1.48 bits per heavy atom. The van der Waals surface area contributed by atoms with E-state index in [-0.39, 0.29) is 23.0 Å². The Hall–Kier alpha value is -3.17. The first kappa shape index (κ1) is 41.6. The van der Waals surface area contributed by atoms with Crippen LogP contribution in [0, 0.1) is 5.41 Å². The number of aliphatic hydroxyl groups excluding tert-OH is 1. The molecule has 0 saturated carbocycles. The van der Waals surface area contributed by atoms with Crippen molar-refractivity contribution in [3.05, 3.63) is 121 Å². The van der Waals surface area contributed by atoms with Crippen molar-refractivity contribution < 1.29 is 28.5 Å². The van der Waals surface area contributed by atoms with E-state index in [2.05, 4.69) is 88.0 Å². The summed E-state index contributed by atoms with van der Waals surface area (Å²) in [6.45, 7) is 19.3. The Labute approximate surface area is 314 Å². The first-order valence-electron chi connectivity index (χ1n) is 19.0. The minimum absolute atomic E-state index is 0.0106. The van der Waals surface area contributed by atoms with Crippen molar-refractivity contribution in [3.63, 3.8) is 0 Å². The summed E-state index contributed by atoms with van der Waals surface area (Å²) >= 11 is 0. The number of benzene rings is 3. The number of unbranched alkanes of at least 4 members (excludes halogenated alkanes) is 1. The summed E-state index contributed by atoms with van der Waals surface area (Å²) in [5.74, 6) is -0.796. The van der Waals surface area contributed by atoms with Crippen molar-refractivity contribution in [2.24, 2.45) is 5.41 Å². The first-order valence-corrected chi connectivity index (χ1v) is 20.9. The monoisotopic (exact) mass is 726 g/mol. The molecule has 7 heteroatoms. The summed E-state index contributed by atoms with van der Waals surface area (Å²) in [4.78, 5) is 13.7. The molecule has 0 bridgehead atoms. The number of carbonyl (C=O) groups is 1. The summed E-state index contributed by atoms with van der Waals surface area (Å²) in [5, 5.41) is 12.2. The molecule has 0 aliphatic carbocycles. The summed E-state index contributed by atoms with van der Waals surface area (Å²) in [7, 11) is -2.69. The van der Waals surface area contributed by atoms with Gasteiger partial charge in [-0.3, -0.25) is 4.79 Å². The Balaban J connectivity index is 1.51. The van der Waals surface area contributed by atoms with E-state index in [1.165, 1.54) is 10.4 Å². The first-order chi connectivity index (χ1) is 24.7. The lowest BCUT2D eigenvalue weighted by Gasteiger charge is -2.45. The van der Waals surface area contributed by atoms with Crippen molar-refractivity contribution in [3.8, 4) is 0 Å². The van der Waals surface area contributed by atoms with E-state index in [0.717, 1.165) is 18.4 Å². The van der Waals surface area contributed by atoms with Crippen LogP contribution in [0.15, 0.2) is 116 Å². The Morgan fingerprint density at radius 3 is 2.04 bits per heavy atom. The van der Waals surface area contributed by atoms with Gasteiger partial charge in [0.2, 0.25) is 0 Å². The maximum absolute atomic E-state index is 13.7. The molecule has 52 heavy (non-hydrogen) atoms. The third-order valence-corrected chi connectivity index (χ3v) is 15.3. The van der Waals surface area contributed by atoms with Gasteiger partial charge in [0.1, 0.15) is 0 Å². The molecule has 4 rings (SSSR count). The molecule has 1 N–H and O–H groups in total. The largest absolute Gasteiger partial charge is 0.407 e. The number of carbonyl (C=O) groups excluding carboxylic acids is 1. The van der Waals surface area contributed by atoms with E-state index in [1.807, 2.05) is 64.1 Å². The van der Waals surface area contributed by atoms with E-state index in [9.17, 15) is 9.90 Å². The van der Waals surface area contributed by atoms with Crippen LogP contribution in [0.1, 0.15) is 92.6 Å². The highest BCUT2D eigenvalue weighted by Crippen LogP contribution is 2.39. The molecule has 0 radical (unpaired) electrons. The van der Waals surface area contributed by atoms with Crippen LogP contribution in [0.3, 0.4) is 0 Å². The smallest absolute Gasteiger partial charge is 0.261 e. The zero-order chi connectivity index (χ0) is 37.8. The third-order valence-electron chi connectivity index (χ3n) is 10.2. The highest BCUT2D eigenvalue weighted by molar-refractivity contribution is 6.99. The van der Waals surface area contributed by atoms with Crippen LogP contribution in [-0.2, 0) is 30.0 Å². The number of allylic oxidation sites excluding steroid dienone is 2. The molecule has 282 valence electrons. The van der Waals surface area contributed by atoms with E-state index in [1.54, 1.807) is 12.2 Å². The number of aliphatic hydroxyl groups is 1. The molecule has 3 aromatic rings. The summed E-state index contributed by atoms with van der Waals surface area (Å²) < 4.78 is 26.9. The lowest BCUT2D eigenvalue weighted by atomic mass is 9.78. The lowest BCUT2D eigenvalue weighted by Crippen LogP contribution is -2.66. The highest BCUT2D eigenvalue weighted by atomic mass is 28.4. The van der Waals surface area contributed by atoms with Crippen molar-refractivity contribution in [2.45, 2.75) is 129 Å². The predicted octanol–water partition coefficient (Wildman–Crippen LogP) is 8.71. The zero-order valence-electron chi connectivity index (χ0n) is 32.6. The standard InChI is InChI=1S/C45H62O6Si/c1-9-36(46)24-16-11-21-29-41(47)44(5,6)42(48-34-35-22-14-10-15-23-35)33-38-32-37(50-45(7,8)51-38)30-31-49-52(43(2,3)4,39-25-17-12-18-26-39)40-27-19-13-20-28-40/h9-10,12-15,17-23,25-29,36-38,42,46H,1,11,16,24,30-34H2,2-8H3/b29-21+/t36-,37-,38+,42-/m0/s1. The van der Waals surface area contributed by atoms with E-state index in [0.29, 0.717) is 38.9 Å². The van der Waals surface area contributed by atoms with E-state index >= 15 is 0 Å². The van der Waals surface area contributed by atoms with Crippen LogP contribution in [0.2, 0.25) is 5.04 Å². The second kappa shape index (κ2) is 18.7. The molecule has 0 aromatic heterocycles. The van der Waals surface area contributed by atoms with Gasteiger partial charge in [-0.1, -0.05) is 138 Å². The van der Waals surface area contributed by atoms with Gasteiger partial charge in [0, 0.05) is 19.4 Å². The van der Waals surface area contributed by atoms with Crippen molar-refractivity contribution in [1.29, 1.82) is 0 Å². The highest BCUT2D eigenvalue weighted by Gasteiger charge is 2.50. The molecule has 4 atom stereocenters. The van der Waals surface area contributed by atoms with Gasteiger partial charge in [0.05, 0.1) is 36.4 Å². The number of hydrogen-bond donors (Lipinski definition) is 1. The average Bonchev–Trinajstić information content (AvgIpc) is 3.11. The maximum Gasteiger partial charge on any atom is 0.261 e. The topological polar surface area (TPSA) is 74.2 Å². The van der Waals surface area contributed by atoms with Crippen LogP contribution < -0.4 is 10.4 Å². The van der Waals surface area contributed by atoms with Gasteiger partial charge in [0.15, 0.2) is 11.6 Å². The van der Waals surface area contributed by atoms with Gasteiger partial charge in [-0.25, -0.2) is 0 Å². The van der Waals surface area contributed by atoms with Crippen LogP contribution in [0.25, 0.3) is 0 Å². The minimum Gasteiger partial charge on any atom is -0.407 e. The quantitative estimate of drug-likeness (QED) is 0.0577. The fraction of sp³-hybridized carbons (Fsp3) is 0.489. The Bertz CT molecular complexity index is 1510. The van der Waals surface area contributed by atoms with Gasteiger partial charge >= 0.3 is 0 Å². The van der Waals surface area contributed by atoms with Crippen LogP contribution >= 0.6 is 0 Å². The second-order valence-electron chi connectivity index (χ2n) is 16.2. The average molecular weight is 727 g/mol. The van der Waals surface area contributed by atoms with E-state index < -0.39 is 31.7 Å². The molecule has 1 saturated heterocycles. The van der Waals surface area contributed by atoms with Crippen molar-refractivity contribution in [1.82, 2.24) is 0 Å². The van der Waals surface area contributed by atoms with E-state index in [4.69, 9.17) is 18.6 Å². The summed E-state index contributed by atoms with van der Waals surface area (Å²) in [6, 6.07) is 31.5. The third kappa shape index (κ3) is 11.2. The Morgan fingerprint density at radius 1 is 0.923 bits per heavy atom. The Kier molecular flexibility index (Phi) is 15.0. The normalized spacial score (nSPS) is 19.3. The van der Waals surface area contributed by atoms with Gasteiger partial charge in [0.25, 0.3) is 8.32 Å². The molecular weight excluding hydrogens is 665 g/mol. The molecule has 1 aliphatic heterocycles. The fourth-order valence-electron chi connectivity index (χ4n) is 7.35. The number of hydrogen-bond acceptors (Lipinski definition) is 6. The summed E-state index contributed by atoms with van der Waals surface area (Å²) in [6.07, 6.45) is 7.97. The maximum atomic E-state index is 13.7. The molecule has 3 aromatic carbocycles. The lowest BCUT2D eigenvalue weighted by molar-refractivity contribution is -0.305. The van der Waals surface area contributed by atoms with Gasteiger partial charge in [-0.2, -0.15) is 0 Å². The van der Waals surface area contributed by atoms with Crippen LogP contribution in [0.4, 0.5) is 0 Å². The molecular formula is C45H62O6Si. The van der Waals surface area contributed by atoms with Gasteiger partial charge in [-0.05, 0) is 66.6 Å². The summed E-state index contributed by atoms with van der Waals surface area (Å²) in [5.41, 5.74) is 0.248. The van der Waals surface area contributed by atoms with Crippen LogP contribution in [-0.4, -0.2) is 56.0 Å². The SMILES string of the molecule is C=C[C@H](O)CCC/C=C/C(=O)C(C)(C)[C@H](C[C@H]1C[C@H](CCO[Si](c2ccccc2)(c2ccccc2)C(C)(C)C)OC(C)(C)O1)OCc1ccccc1. The number of ether oxygens (including phenoxy) is 3.